The van der Waals surface area contributed by atoms with Crippen LogP contribution in [0.4, 0.5) is 0 Å². The summed E-state index contributed by atoms with van der Waals surface area (Å²) in [5.41, 5.74) is 18.7. The van der Waals surface area contributed by atoms with E-state index in [2.05, 4.69) is 27.5 Å². The van der Waals surface area contributed by atoms with Gasteiger partial charge < -0.3 is 24.1 Å². The van der Waals surface area contributed by atoms with E-state index < -0.39 is 17.6 Å². The molecule has 1 amide bonds. The molecule has 0 radical (unpaired) electrons. The van der Waals surface area contributed by atoms with Crippen molar-refractivity contribution < 1.29 is 28.8 Å². The van der Waals surface area contributed by atoms with Crippen molar-refractivity contribution in [2.75, 3.05) is 19.8 Å². The fourth-order valence-corrected chi connectivity index (χ4v) is 6.42. The summed E-state index contributed by atoms with van der Waals surface area (Å²) in [7, 11) is 0. The maximum absolute atomic E-state index is 14.4. The normalized spacial score (nSPS) is 15.7. The lowest BCUT2D eigenvalue weighted by Crippen LogP contribution is -2.53. The van der Waals surface area contributed by atoms with Crippen LogP contribution in [0.15, 0.2) is 150 Å². The van der Waals surface area contributed by atoms with Gasteiger partial charge in [-0.1, -0.05) is 102 Å². The van der Waals surface area contributed by atoms with Crippen LogP contribution in [-0.4, -0.2) is 42.2 Å². The van der Waals surface area contributed by atoms with Gasteiger partial charge in [0, 0.05) is 36.5 Å². The number of nitrogens with zero attached hydrogens (tertiary/aromatic N) is 4. The molecule has 57 heavy (non-hydrogen) atoms. The number of nitrogens with one attached hydrogen (secondary N) is 2. The SMILES string of the molecule is C=CC[C@]1(C(=O)NNCCc2ccc(OCc3ccccc3)c(OCc3ccccc3)c2)N=C(c2ccc(OCCCO)cc2)O[C@H]1c1ccccc1CN=[N+]=[N-]. The fraction of sp³-hybridized carbons (Fsp3) is 0.244. The van der Waals surface area contributed by atoms with Gasteiger partial charge in [-0.25, -0.2) is 10.4 Å². The van der Waals surface area contributed by atoms with E-state index >= 15 is 0 Å². The number of hydrazine groups is 1. The molecule has 0 saturated carbocycles. The van der Waals surface area contributed by atoms with E-state index in [1.54, 1.807) is 18.2 Å². The number of azide groups is 1. The van der Waals surface area contributed by atoms with E-state index in [9.17, 15) is 4.79 Å². The van der Waals surface area contributed by atoms with Gasteiger partial charge in [0.15, 0.2) is 23.1 Å². The molecule has 0 aliphatic carbocycles. The zero-order valence-electron chi connectivity index (χ0n) is 31.6. The van der Waals surface area contributed by atoms with Crippen molar-refractivity contribution in [3.05, 3.63) is 184 Å². The second-order valence-corrected chi connectivity index (χ2v) is 13.3. The molecule has 6 rings (SSSR count). The van der Waals surface area contributed by atoms with Crippen LogP contribution >= 0.6 is 0 Å². The number of aliphatic imine (C=N–C) groups is 1. The molecular weight excluding hydrogens is 721 g/mol. The molecule has 5 aromatic carbocycles. The topological polar surface area (TPSA) is 159 Å². The molecule has 3 N–H and O–H groups in total. The highest BCUT2D eigenvalue weighted by Gasteiger charge is 2.53. The van der Waals surface area contributed by atoms with Crippen LogP contribution in [0.25, 0.3) is 10.4 Å². The minimum atomic E-state index is -1.46. The highest BCUT2D eigenvalue weighted by molar-refractivity contribution is 6.01. The summed E-state index contributed by atoms with van der Waals surface area (Å²) < 4.78 is 24.7. The van der Waals surface area contributed by atoms with Crippen molar-refractivity contribution in [3.8, 4) is 17.2 Å². The van der Waals surface area contributed by atoms with E-state index in [0.717, 1.165) is 16.7 Å². The summed E-state index contributed by atoms with van der Waals surface area (Å²) >= 11 is 0. The number of carbonyl (C=O) groups excluding carboxylic acids is 1. The standard InChI is InChI=1S/C45H46N6O6/c1-2-25-45(42(39-17-10-9-16-37(39)30-48-51-46)57-43(49-45)36-19-21-38(22-20-36)54-28-11-27-52)44(53)50-47-26-24-33-18-23-40(55-31-34-12-5-3-6-13-34)41(29-33)56-32-35-14-7-4-8-15-35/h2-10,12-23,29,42,47,52H,1,11,24-28,30-32H2,(H,50,53)/t42-,45-/m0/s1. The van der Waals surface area contributed by atoms with Crippen molar-refractivity contribution in [1.29, 1.82) is 0 Å². The first kappa shape index (κ1) is 40.1. The zero-order chi connectivity index (χ0) is 39.7. The molecule has 0 fully saturated rings. The molecule has 0 aromatic heterocycles. The molecule has 12 nitrogen and oxygen atoms in total. The Kier molecular flexibility index (Phi) is 14.3. The summed E-state index contributed by atoms with van der Waals surface area (Å²) in [6.07, 6.45) is 2.01. The summed E-state index contributed by atoms with van der Waals surface area (Å²) in [5.74, 6) is 1.75. The molecular formula is C45H46N6O6. The van der Waals surface area contributed by atoms with Gasteiger partial charge in [0.05, 0.1) is 13.2 Å². The second-order valence-electron chi connectivity index (χ2n) is 13.3. The number of aliphatic hydroxyl groups is 1. The Morgan fingerprint density at radius 3 is 2.25 bits per heavy atom. The third kappa shape index (κ3) is 10.6. The van der Waals surface area contributed by atoms with Gasteiger partial charge in [-0.3, -0.25) is 10.2 Å². The van der Waals surface area contributed by atoms with E-state index in [1.165, 1.54) is 0 Å². The van der Waals surface area contributed by atoms with Gasteiger partial charge in [-0.2, -0.15) is 0 Å². The number of amides is 1. The number of hydrogen-bond acceptors (Lipinski definition) is 9. The van der Waals surface area contributed by atoms with Crippen molar-refractivity contribution in [2.45, 2.75) is 50.7 Å². The molecule has 0 unspecified atom stereocenters. The van der Waals surface area contributed by atoms with Crippen LogP contribution in [0.5, 0.6) is 17.2 Å². The molecule has 2 atom stereocenters. The number of benzene rings is 5. The molecule has 5 aromatic rings. The van der Waals surface area contributed by atoms with Crippen molar-refractivity contribution in [2.24, 2.45) is 10.1 Å². The molecule has 0 saturated heterocycles. The maximum atomic E-state index is 14.4. The molecule has 1 aliphatic rings. The Hall–Kier alpha value is -6.59. The smallest absolute Gasteiger partial charge is 0.266 e. The Morgan fingerprint density at radius 1 is 0.877 bits per heavy atom. The number of aliphatic hydroxyl groups excluding tert-OH is 1. The number of hydrogen-bond donors (Lipinski definition) is 3. The lowest BCUT2D eigenvalue weighted by Gasteiger charge is -2.30. The first-order chi connectivity index (χ1) is 28.0. The van der Waals surface area contributed by atoms with Gasteiger partial charge >= 0.3 is 0 Å². The number of rotatable bonds is 21. The van der Waals surface area contributed by atoms with Crippen LogP contribution < -0.4 is 25.1 Å². The molecule has 0 spiro atoms. The molecule has 292 valence electrons. The fourth-order valence-electron chi connectivity index (χ4n) is 6.42. The quantitative estimate of drug-likeness (QED) is 0.0170. The Labute approximate surface area is 332 Å². The highest BCUT2D eigenvalue weighted by Crippen LogP contribution is 2.44. The largest absolute Gasteiger partial charge is 0.494 e. The van der Waals surface area contributed by atoms with E-state index in [-0.39, 0.29) is 25.5 Å². The van der Waals surface area contributed by atoms with E-state index in [1.807, 2.05) is 115 Å². The molecule has 0 bridgehead atoms. The Balaban J connectivity index is 1.19. The second kappa shape index (κ2) is 20.4. The summed E-state index contributed by atoms with van der Waals surface area (Å²) in [6, 6.07) is 40.4. The summed E-state index contributed by atoms with van der Waals surface area (Å²) in [4.78, 5) is 22.3. The first-order valence-corrected chi connectivity index (χ1v) is 18.8. The Bertz CT molecular complexity index is 2160. The zero-order valence-corrected chi connectivity index (χ0v) is 31.6. The number of ether oxygens (including phenoxy) is 4. The summed E-state index contributed by atoms with van der Waals surface area (Å²) in [6.45, 7) is 5.63. The maximum Gasteiger partial charge on any atom is 0.266 e. The van der Waals surface area contributed by atoms with Crippen molar-refractivity contribution >= 4 is 11.8 Å². The minimum Gasteiger partial charge on any atom is -0.494 e. The van der Waals surface area contributed by atoms with Gasteiger partial charge in [0.25, 0.3) is 5.91 Å². The van der Waals surface area contributed by atoms with Gasteiger partial charge in [0.1, 0.15) is 19.0 Å². The van der Waals surface area contributed by atoms with Crippen LogP contribution in [-0.2, 0) is 35.7 Å². The number of carbonyl (C=O) groups is 1. The predicted octanol–water partition coefficient (Wildman–Crippen LogP) is 8.11. The van der Waals surface area contributed by atoms with Crippen LogP contribution in [0, 0.1) is 0 Å². The Morgan fingerprint density at radius 2 is 1.56 bits per heavy atom. The lowest BCUT2D eigenvalue weighted by molar-refractivity contribution is -0.129. The predicted molar refractivity (Wildman–Crippen MR) is 219 cm³/mol. The van der Waals surface area contributed by atoms with Gasteiger partial charge in [-0.15, -0.1) is 6.58 Å². The lowest BCUT2D eigenvalue weighted by atomic mass is 9.83. The van der Waals surface area contributed by atoms with Gasteiger partial charge in [-0.05, 0) is 76.2 Å². The molecule has 12 heteroatoms. The highest BCUT2D eigenvalue weighted by atomic mass is 16.5. The van der Waals surface area contributed by atoms with E-state index in [4.69, 9.17) is 34.6 Å². The van der Waals surface area contributed by atoms with Crippen molar-refractivity contribution in [3.63, 3.8) is 0 Å². The molecule has 1 aliphatic heterocycles. The first-order valence-electron chi connectivity index (χ1n) is 18.8. The van der Waals surface area contributed by atoms with Crippen molar-refractivity contribution in [1.82, 2.24) is 10.9 Å². The average molecular weight is 767 g/mol. The molecule has 1 heterocycles. The van der Waals surface area contributed by atoms with Crippen LogP contribution in [0.2, 0.25) is 0 Å². The minimum absolute atomic E-state index is 0.0384. The van der Waals surface area contributed by atoms with Crippen LogP contribution in [0.3, 0.4) is 0 Å². The monoisotopic (exact) mass is 766 g/mol. The van der Waals surface area contributed by atoms with E-state index in [0.29, 0.717) is 73.1 Å². The summed E-state index contributed by atoms with van der Waals surface area (Å²) in [5, 5.41) is 12.9. The average Bonchev–Trinajstić information content (AvgIpc) is 3.64. The van der Waals surface area contributed by atoms with Crippen LogP contribution in [0.1, 0.15) is 52.3 Å². The third-order valence-electron chi connectivity index (χ3n) is 9.35. The third-order valence-corrected chi connectivity index (χ3v) is 9.35. The van der Waals surface area contributed by atoms with Gasteiger partial charge in [0.2, 0.25) is 5.90 Å².